The number of likely N-dealkylation sites (tertiary alicyclic amines) is 1. The Kier molecular flexibility index (Phi) is 5.65. The normalized spacial score (nSPS) is 19.5. The van der Waals surface area contributed by atoms with Gasteiger partial charge in [-0.25, -0.2) is 8.78 Å². The zero-order valence-electron chi connectivity index (χ0n) is 12.9. The molecule has 5 nitrogen and oxygen atoms in total. The fraction of sp³-hybridized carbons (Fsp3) is 0.500. The minimum absolute atomic E-state index is 0.0267. The van der Waals surface area contributed by atoms with Gasteiger partial charge in [0.15, 0.2) is 0 Å². The molecule has 1 amide bonds. The molecule has 2 rings (SSSR count). The zero-order chi connectivity index (χ0) is 17.0. The van der Waals surface area contributed by atoms with Crippen molar-refractivity contribution in [1.29, 1.82) is 0 Å². The van der Waals surface area contributed by atoms with Gasteiger partial charge in [0.25, 0.3) is 0 Å². The highest BCUT2D eigenvalue weighted by molar-refractivity contribution is 5.80. The summed E-state index contributed by atoms with van der Waals surface area (Å²) in [6.45, 7) is 2.18. The number of rotatable bonds is 6. The van der Waals surface area contributed by atoms with Crippen LogP contribution >= 0.6 is 0 Å². The van der Waals surface area contributed by atoms with Crippen LogP contribution in [0.3, 0.4) is 0 Å². The van der Waals surface area contributed by atoms with Crippen molar-refractivity contribution in [3.8, 4) is 0 Å². The Morgan fingerprint density at radius 3 is 2.65 bits per heavy atom. The van der Waals surface area contributed by atoms with E-state index in [0.29, 0.717) is 13.0 Å². The Hall–Kier alpha value is -2.02. The Morgan fingerprint density at radius 2 is 2.04 bits per heavy atom. The van der Waals surface area contributed by atoms with E-state index in [0.717, 1.165) is 6.42 Å². The van der Waals surface area contributed by atoms with Crippen LogP contribution in [-0.4, -0.2) is 47.1 Å². The van der Waals surface area contributed by atoms with Crippen molar-refractivity contribution >= 4 is 11.9 Å². The maximum Gasteiger partial charge on any atom is 0.320 e. The molecule has 0 radical (unpaired) electrons. The molecule has 7 heteroatoms. The highest BCUT2D eigenvalue weighted by Crippen LogP contribution is 2.17. The number of amides is 1. The van der Waals surface area contributed by atoms with E-state index in [1.165, 1.54) is 18.2 Å². The fourth-order valence-corrected chi connectivity index (χ4v) is 2.88. The number of carboxylic acids is 1. The number of nitrogens with zero attached hydrogens (tertiary/aromatic N) is 1. The molecule has 0 unspecified atom stereocenters. The number of hydrogen-bond donors (Lipinski definition) is 2. The molecule has 1 fully saturated rings. The summed E-state index contributed by atoms with van der Waals surface area (Å²) >= 11 is 0. The molecule has 0 saturated carbocycles. The zero-order valence-corrected chi connectivity index (χ0v) is 12.9. The van der Waals surface area contributed by atoms with Gasteiger partial charge in [-0.2, -0.15) is 0 Å². The van der Waals surface area contributed by atoms with Crippen molar-refractivity contribution in [3.63, 3.8) is 0 Å². The molecular weight excluding hydrogens is 306 g/mol. The summed E-state index contributed by atoms with van der Waals surface area (Å²) in [5.41, 5.74) is -0.0649. The van der Waals surface area contributed by atoms with Gasteiger partial charge in [0.2, 0.25) is 5.91 Å². The summed E-state index contributed by atoms with van der Waals surface area (Å²) in [6.07, 6.45) is 1.30. The molecule has 0 aromatic heterocycles. The number of carbonyl (C=O) groups is 2. The first kappa shape index (κ1) is 17.3. The van der Waals surface area contributed by atoms with Crippen molar-refractivity contribution in [3.05, 3.63) is 35.4 Å². The molecule has 23 heavy (non-hydrogen) atoms. The largest absolute Gasteiger partial charge is 0.480 e. The predicted molar refractivity (Wildman–Crippen MR) is 79.9 cm³/mol. The molecule has 1 heterocycles. The van der Waals surface area contributed by atoms with Crippen molar-refractivity contribution in [2.75, 3.05) is 13.1 Å². The predicted octanol–water partition coefficient (Wildman–Crippen LogP) is 1.56. The monoisotopic (exact) mass is 326 g/mol. The second-order valence-corrected chi connectivity index (χ2v) is 5.84. The lowest BCUT2D eigenvalue weighted by Gasteiger charge is -2.22. The summed E-state index contributed by atoms with van der Waals surface area (Å²) in [7, 11) is 0. The average molecular weight is 326 g/mol. The van der Waals surface area contributed by atoms with Gasteiger partial charge in [0.1, 0.15) is 17.7 Å². The number of carbonyl (C=O) groups excluding carboxylic acids is 1. The number of nitrogens with one attached hydrogen (secondary N) is 1. The molecule has 2 atom stereocenters. The maximum absolute atomic E-state index is 13.6. The van der Waals surface area contributed by atoms with E-state index < -0.39 is 29.7 Å². The molecular formula is C16H20F2N2O3. The average Bonchev–Trinajstić information content (AvgIpc) is 2.91. The molecule has 1 aliphatic rings. The van der Waals surface area contributed by atoms with Crippen LogP contribution in [0.2, 0.25) is 0 Å². The number of carboxylic acid groups (broad SMARTS) is 1. The minimum Gasteiger partial charge on any atom is -0.480 e. The summed E-state index contributed by atoms with van der Waals surface area (Å²) in [5, 5.41) is 11.7. The first-order valence-corrected chi connectivity index (χ1v) is 7.57. The molecule has 1 saturated heterocycles. The van der Waals surface area contributed by atoms with Crippen molar-refractivity contribution in [2.24, 2.45) is 0 Å². The molecule has 1 aromatic rings. The third-order valence-electron chi connectivity index (χ3n) is 3.97. The van der Waals surface area contributed by atoms with Gasteiger partial charge in [-0.3, -0.25) is 14.5 Å². The van der Waals surface area contributed by atoms with Crippen molar-refractivity contribution in [1.82, 2.24) is 10.2 Å². The van der Waals surface area contributed by atoms with Crippen LogP contribution in [0.5, 0.6) is 0 Å². The van der Waals surface area contributed by atoms with Gasteiger partial charge < -0.3 is 10.4 Å². The molecule has 126 valence electrons. The summed E-state index contributed by atoms with van der Waals surface area (Å²) in [5.74, 6) is -2.56. The Morgan fingerprint density at radius 1 is 1.39 bits per heavy atom. The number of halogens is 2. The van der Waals surface area contributed by atoms with E-state index in [9.17, 15) is 18.4 Å². The lowest BCUT2D eigenvalue weighted by Crippen LogP contribution is -2.45. The summed E-state index contributed by atoms with van der Waals surface area (Å²) < 4.78 is 27.2. The lowest BCUT2D eigenvalue weighted by atomic mass is 10.1. The Labute approximate surface area is 133 Å². The van der Waals surface area contributed by atoms with Crippen LogP contribution in [0.25, 0.3) is 0 Å². The summed E-state index contributed by atoms with van der Waals surface area (Å²) in [4.78, 5) is 24.7. The minimum atomic E-state index is -0.934. The fourth-order valence-electron chi connectivity index (χ4n) is 2.88. The molecule has 0 aliphatic carbocycles. The van der Waals surface area contributed by atoms with E-state index >= 15 is 0 Å². The van der Waals surface area contributed by atoms with Crippen molar-refractivity contribution < 1.29 is 23.5 Å². The van der Waals surface area contributed by atoms with E-state index in [-0.39, 0.29) is 24.4 Å². The van der Waals surface area contributed by atoms with E-state index in [1.54, 1.807) is 11.8 Å². The molecule has 0 bridgehead atoms. The standard InChI is InChI=1S/C16H20F2N2O3/c1-10(8-11-12(17)4-2-5-13(11)18)19-15(21)9-20-7-3-6-14(20)16(22)23/h2,4-5,10,14H,3,6-9H2,1H3,(H,19,21)(H,22,23)/t10-,14-/m1/s1. The lowest BCUT2D eigenvalue weighted by molar-refractivity contribution is -0.142. The first-order chi connectivity index (χ1) is 10.9. The highest BCUT2D eigenvalue weighted by Gasteiger charge is 2.31. The van der Waals surface area contributed by atoms with Gasteiger partial charge in [-0.15, -0.1) is 0 Å². The van der Waals surface area contributed by atoms with E-state index in [2.05, 4.69) is 5.32 Å². The molecule has 1 aromatic carbocycles. The van der Waals surface area contributed by atoms with Gasteiger partial charge in [0, 0.05) is 11.6 Å². The van der Waals surface area contributed by atoms with Gasteiger partial charge >= 0.3 is 5.97 Å². The SMILES string of the molecule is C[C@H](Cc1c(F)cccc1F)NC(=O)CN1CCC[C@@H]1C(=O)O. The third-order valence-corrected chi connectivity index (χ3v) is 3.97. The smallest absolute Gasteiger partial charge is 0.320 e. The van der Waals surface area contributed by atoms with Crippen LogP contribution in [0.1, 0.15) is 25.3 Å². The van der Waals surface area contributed by atoms with Crippen LogP contribution in [0.15, 0.2) is 18.2 Å². The maximum atomic E-state index is 13.6. The quantitative estimate of drug-likeness (QED) is 0.832. The summed E-state index contributed by atoms with van der Waals surface area (Å²) in [6, 6.07) is 2.54. The van der Waals surface area contributed by atoms with E-state index in [4.69, 9.17) is 5.11 Å². The van der Waals surface area contributed by atoms with Crippen LogP contribution < -0.4 is 5.32 Å². The molecule has 0 spiro atoms. The highest BCUT2D eigenvalue weighted by atomic mass is 19.1. The van der Waals surface area contributed by atoms with Gasteiger partial charge in [0.05, 0.1) is 6.54 Å². The van der Waals surface area contributed by atoms with Crippen LogP contribution in [0, 0.1) is 11.6 Å². The number of aliphatic carboxylic acids is 1. The topological polar surface area (TPSA) is 69.6 Å². The van der Waals surface area contributed by atoms with Gasteiger partial charge in [-0.05, 0) is 44.9 Å². The number of benzene rings is 1. The first-order valence-electron chi connectivity index (χ1n) is 7.57. The van der Waals surface area contributed by atoms with Crippen LogP contribution in [0.4, 0.5) is 8.78 Å². The Balaban J connectivity index is 1.89. The second kappa shape index (κ2) is 7.50. The van der Waals surface area contributed by atoms with Crippen LogP contribution in [-0.2, 0) is 16.0 Å². The second-order valence-electron chi connectivity index (χ2n) is 5.84. The Bertz CT molecular complexity index is 574. The van der Waals surface area contributed by atoms with E-state index in [1.807, 2.05) is 0 Å². The van der Waals surface area contributed by atoms with Gasteiger partial charge in [-0.1, -0.05) is 6.07 Å². The molecule has 1 aliphatic heterocycles. The van der Waals surface area contributed by atoms with Crippen molar-refractivity contribution in [2.45, 2.75) is 38.3 Å². The number of hydrogen-bond acceptors (Lipinski definition) is 3. The molecule has 2 N–H and O–H groups in total. The third kappa shape index (κ3) is 4.48.